The number of allylic oxidation sites excluding steroid dienone is 3. The lowest BCUT2D eigenvalue weighted by molar-refractivity contribution is -0.133. The average molecular weight is 417 g/mol. The summed E-state index contributed by atoms with van der Waals surface area (Å²) < 4.78 is 0. The van der Waals surface area contributed by atoms with E-state index in [2.05, 4.69) is 20.4 Å². The Morgan fingerprint density at radius 2 is 1.97 bits per heavy atom. The first-order valence-electron chi connectivity index (χ1n) is 11.3. The molecule has 4 nitrogen and oxygen atoms in total. The lowest BCUT2D eigenvalue weighted by atomic mass is 9.53. The number of ketones is 1. The number of aliphatic hydroxyl groups is 3. The van der Waals surface area contributed by atoms with Crippen LogP contribution in [0.2, 0.25) is 0 Å². The zero-order valence-corrected chi connectivity index (χ0v) is 19.2. The second kappa shape index (κ2) is 10.2. The summed E-state index contributed by atoms with van der Waals surface area (Å²) in [5.41, 5.74) is 2.11. The van der Waals surface area contributed by atoms with Gasteiger partial charge in [-0.25, -0.2) is 0 Å². The third-order valence-electron chi connectivity index (χ3n) is 7.49. The van der Waals surface area contributed by atoms with Gasteiger partial charge in [0.15, 0.2) is 0 Å². The third-order valence-corrected chi connectivity index (χ3v) is 7.49. The molecule has 8 unspecified atom stereocenters. The first-order valence-corrected chi connectivity index (χ1v) is 11.3. The molecule has 1 saturated carbocycles. The van der Waals surface area contributed by atoms with Crippen LogP contribution in [0.4, 0.5) is 0 Å². The van der Waals surface area contributed by atoms with E-state index < -0.39 is 24.2 Å². The highest BCUT2D eigenvalue weighted by Gasteiger charge is 2.49. The molecule has 30 heavy (non-hydrogen) atoms. The fourth-order valence-electron chi connectivity index (χ4n) is 5.13. The summed E-state index contributed by atoms with van der Waals surface area (Å²) >= 11 is 0. The maximum atomic E-state index is 13.3. The predicted molar refractivity (Wildman–Crippen MR) is 122 cm³/mol. The Labute approximate surface area is 182 Å². The van der Waals surface area contributed by atoms with Crippen LogP contribution in [0.15, 0.2) is 48.1 Å². The molecule has 0 aromatic heterocycles. The summed E-state index contributed by atoms with van der Waals surface area (Å²) in [6.45, 7) is 13.9. The Morgan fingerprint density at radius 1 is 1.30 bits per heavy atom. The third kappa shape index (κ3) is 5.40. The number of fused-ring (bicyclic) bond motifs is 1. The van der Waals surface area contributed by atoms with Gasteiger partial charge in [0.1, 0.15) is 5.78 Å². The number of carbonyl (C=O) groups excluding carboxylic acids is 1. The van der Waals surface area contributed by atoms with E-state index in [1.54, 1.807) is 32.1 Å². The standard InChI is InChI=1S/C26H40O4/c1-16(2)22-15-26(6)19(5)21(13-12-20(26)14-24(22)29)25(30)18(4)23(28)11-9-7-8-10-17(3)27/h7-9,11,14,17-19,21-24,27-29H,1,10,12-13,15H2,2-6H3/b8-7+,11-9+. The van der Waals surface area contributed by atoms with Gasteiger partial charge in [0.25, 0.3) is 0 Å². The minimum absolute atomic E-state index is 0.0226. The van der Waals surface area contributed by atoms with Gasteiger partial charge in [-0.2, -0.15) is 0 Å². The van der Waals surface area contributed by atoms with Crippen molar-refractivity contribution in [1.82, 2.24) is 0 Å². The Bertz CT molecular complexity index is 717. The molecule has 2 rings (SSSR count). The Morgan fingerprint density at radius 3 is 2.57 bits per heavy atom. The van der Waals surface area contributed by atoms with Gasteiger partial charge in [0.2, 0.25) is 0 Å². The van der Waals surface area contributed by atoms with Crippen molar-refractivity contribution >= 4 is 5.78 Å². The fraction of sp³-hybridized carbons (Fsp3) is 0.654. The molecule has 0 aliphatic heterocycles. The highest BCUT2D eigenvalue weighted by molar-refractivity contribution is 5.84. The van der Waals surface area contributed by atoms with E-state index in [9.17, 15) is 20.1 Å². The van der Waals surface area contributed by atoms with Crippen LogP contribution in [0.3, 0.4) is 0 Å². The molecule has 2 aliphatic carbocycles. The van der Waals surface area contributed by atoms with Gasteiger partial charge in [-0.15, -0.1) is 0 Å². The predicted octanol–water partition coefficient (Wildman–Crippen LogP) is 4.37. The smallest absolute Gasteiger partial charge is 0.141 e. The van der Waals surface area contributed by atoms with Crippen molar-refractivity contribution in [3.8, 4) is 0 Å². The minimum Gasteiger partial charge on any atom is -0.393 e. The summed E-state index contributed by atoms with van der Waals surface area (Å²) in [4.78, 5) is 13.3. The lowest BCUT2D eigenvalue weighted by Crippen LogP contribution is -2.47. The Kier molecular flexibility index (Phi) is 8.43. The molecule has 0 radical (unpaired) electrons. The molecular formula is C26H40O4. The van der Waals surface area contributed by atoms with Gasteiger partial charge in [-0.3, -0.25) is 4.79 Å². The summed E-state index contributed by atoms with van der Waals surface area (Å²) in [6.07, 6.45) is 10.3. The maximum absolute atomic E-state index is 13.3. The van der Waals surface area contributed by atoms with Crippen LogP contribution in [-0.4, -0.2) is 39.4 Å². The molecule has 168 valence electrons. The number of hydrogen-bond acceptors (Lipinski definition) is 4. The number of rotatable bonds is 8. The quantitative estimate of drug-likeness (QED) is 0.405. The van der Waals surface area contributed by atoms with Crippen molar-refractivity contribution in [1.29, 1.82) is 0 Å². The summed E-state index contributed by atoms with van der Waals surface area (Å²) in [5.74, 6) is -0.291. The SMILES string of the molecule is C=C(C)C1CC2(C)C(=CC1O)CCC(C(=O)C(C)C(O)/C=C/C=C/CC(C)O)C2C. The summed E-state index contributed by atoms with van der Waals surface area (Å²) in [5, 5.41) is 30.3. The molecule has 0 saturated heterocycles. The van der Waals surface area contributed by atoms with Gasteiger partial charge in [-0.05, 0) is 50.9 Å². The van der Waals surface area contributed by atoms with Crippen LogP contribution < -0.4 is 0 Å². The van der Waals surface area contributed by atoms with Crippen molar-refractivity contribution in [3.05, 3.63) is 48.1 Å². The molecule has 4 heteroatoms. The highest BCUT2D eigenvalue weighted by atomic mass is 16.3. The second-order valence-corrected chi connectivity index (χ2v) is 9.77. The fourth-order valence-corrected chi connectivity index (χ4v) is 5.13. The summed E-state index contributed by atoms with van der Waals surface area (Å²) in [7, 11) is 0. The van der Waals surface area contributed by atoms with Crippen molar-refractivity contribution in [2.24, 2.45) is 29.1 Å². The van der Waals surface area contributed by atoms with Crippen LogP contribution in [0.1, 0.15) is 60.3 Å². The van der Waals surface area contributed by atoms with E-state index in [0.717, 1.165) is 24.8 Å². The molecule has 3 N–H and O–H groups in total. The Hall–Kier alpha value is -1.49. The topological polar surface area (TPSA) is 77.8 Å². The van der Waals surface area contributed by atoms with E-state index in [1.165, 1.54) is 5.57 Å². The van der Waals surface area contributed by atoms with Gasteiger partial charge in [0, 0.05) is 17.8 Å². The van der Waals surface area contributed by atoms with Crippen molar-refractivity contribution < 1.29 is 20.1 Å². The van der Waals surface area contributed by atoms with Crippen LogP contribution in [0, 0.1) is 29.1 Å². The minimum atomic E-state index is -0.831. The molecule has 0 amide bonds. The first-order chi connectivity index (χ1) is 14.0. The largest absolute Gasteiger partial charge is 0.393 e. The van der Waals surface area contributed by atoms with Crippen molar-refractivity contribution in [2.75, 3.05) is 0 Å². The zero-order chi connectivity index (χ0) is 22.6. The van der Waals surface area contributed by atoms with E-state index in [1.807, 2.05) is 19.1 Å². The molecule has 8 atom stereocenters. The highest BCUT2D eigenvalue weighted by Crippen LogP contribution is 2.55. The zero-order valence-electron chi connectivity index (χ0n) is 19.2. The number of hydrogen-bond donors (Lipinski definition) is 3. The monoisotopic (exact) mass is 416 g/mol. The van der Waals surface area contributed by atoms with E-state index in [0.29, 0.717) is 6.42 Å². The van der Waals surface area contributed by atoms with Gasteiger partial charge in [0.05, 0.1) is 18.3 Å². The van der Waals surface area contributed by atoms with Crippen molar-refractivity contribution in [2.45, 2.75) is 78.6 Å². The van der Waals surface area contributed by atoms with Crippen LogP contribution in [0.25, 0.3) is 0 Å². The Balaban J connectivity index is 2.10. The maximum Gasteiger partial charge on any atom is 0.141 e. The van der Waals surface area contributed by atoms with Crippen LogP contribution >= 0.6 is 0 Å². The normalized spacial score (nSPS) is 35.0. The number of carbonyl (C=O) groups is 1. The van der Waals surface area contributed by atoms with E-state index in [-0.39, 0.29) is 29.0 Å². The number of Topliss-reactive ketones (excluding diaryl/α,β-unsaturated/α-hetero) is 1. The average Bonchev–Trinajstić information content (AvgIpc) is 2.67. The molecule has 0 spiro atoms. The molecular weight excluding hydrogens is 376 g/mol. The van der Waals surface area contributed by atoms with Gasteiger partial charge >= 0.3 is 0 Å². The summed E-state index contributed by atoms with van der Waals surface area (Å²) in [6, 6.07) is 0. The lowest BCUT2D eigenvalue weighted by Gasteiger charge is -2.51. The van der Waals surface area contributed by atoms with Crippen LogP contribution in [0.5, 0.6) is 0 Å². The van der Waals surface area contributed by atoms with Gasteiger partial charge in [-0.1, -0.05) is 68.9 Å². The van der Waals surface area contributed by atoms with E-state index in [4.69, 9.17) is 0 Å². The van der Waals surface area contributed by atoms with E-state index >= 15 is 0 Å². The first kappa shape index (κ1) is 24.8. The molecule has 0 heterocycles. The van der Waals surface area contributed by atoms with Gasteiger partial charge < -0.3 is 15.3 Å². The number of aliphatic hydroxyl groups excluding tert-OH is 3. The molecule has 0 aromatic rings. The van der Waals surface area contributed by atoms with Crippen molar-refractivity contribution in [3.63, 3.8) is 0 Å². The molecule has 2 aliphatic rings. The molecule has 0 bridgehead atoms. The van der Waals surface area contributed by atoms with Crippen LogP contribution in [-0.2, 0) is 4.79 Å². The molecule has 0 aromatic carbocycles. The molecule has 1 fully saturated rings. The second-order valence-electron chi connectivity index (χ2n) is 9.77.